The number of rotatable bonds is 10. The van der Waals surface area contributed by atoms with Gasteiger partial charge in [-0.05, 0) is 82.3 Å². The molecule has 0 unspecified atom stereocenters. The molecule has 0 spiro atoms. The van der Waals surface area contributed by atoms with Crippen LogP contribution in [0.2, 0.25) is 0 Å². The van der Waals surface area contributed by atoms with Crippen molar-refractivity contribution in [3.63, 3.8) is 0 Å². The second kappa shape index (κ2) is 14.5. The molecule has 10 nitrogen and oxygen atoms in total. The summed E-state index contributed by atoms with van der Waals surface area (Å²) in [6.07, 6.45) is 5.02. The maximum atomic E-state index is 14.2. The molecule has 0 radical (unpaired) electrons. The lowest BCUT2D eigenvalue weighted by Gasteiger charge is -2.42. The minimum Gasteiger partial charge on any atom is -0.481 e. The normalized spacial score (nSPS) is 18.8. The van der Waals surface area contributed by atoms with Crippen molar-refractivity contribution in [2.75, 3.05) is 13.7 Å². The summed E-state index contributed by atoms with van der Waals surface area (Å²) < 4.78 is 45.2. The largest absolute Gasteiger partial charge is 0.481 e. The topological polar surface area (TPSA) is 123 Å². The summed E-state index contributed by atoms with van der Waals surface area (Å²) in [7, 11) is 1.55. The summed E-state index contributed by atoms with van der Waals surface area (Å²) in [4.78, 5) is 36.1. The monoisotopic (exact) mass is 612 g/mol. The highest BCUT2D eigenvalue weighted by atomic mass is 19.1. The zero-order chi connectivity index (χ0) is 31.9. The maximum Gasteiger partial charge on any atom is 0.410 e. The molecule has 0 bridgehead atoms. The number of carbonyl (C=O) groups is 2. The fraction of sp³-hybridized carbons (Fsp3) is 0.438. The van der Waals surface area contributed by atoms with Crippen LogP contribution in [0.5, 0.6) is 5.88 Å². The molecule has 236 valence electrons. The van der Waals surface area contributed by atoms with E-state index in [2.05, 4.69) is 9.97 Å². The number of nitrogens with one attached hydrogen (secondary N) is 1. The van der Waals surface area contributed by atoms with E-state index in [4.69, 9.17) is 14.2 Å². The van der Waals surface area contributed by atoms with Gasteiger partial charge in [-0.25, -0.2) is 24.0 Å². The van der Waals surface area contributed by atoms with Crippen LogP contribution in [0.25, 0.3) is 17.1 Å². The second-order valence-corrected chi connectivity index (χ2v) is 11.6. The lowest BCUT2D eigenvalue weighted by atomic mass is 9.92. The van der Waals surface area contributed by atoms with Crippen LogP contribution in [0, 0.1) is 11.6 Å². The van der Waals surface area contributed by atoms with Gasteiger partial charge in [-0.2, -0.15) is 0 Å². The van der Waals surface area contributed by atoms with Crippen molar-refractivity contribution < 1.29 is 37.8 Å². The summed E-state index contributed by atoms with van der Waals surface area (Å²) in [6.45, 7) is 5.19. The number of hydrogen-bond acceptors (Lipinski definition) is 8. The number of aryl methyl sites for hydroxylation is 1. The Kier molecular flexibility index (Phi) is 10.8. The minimum absolute atomic E-state index is 0.0166. The van der Waals surface area contributed by atoms with Crippen LogP contribution in [-0.2, 0) is 20.7 Å². The van der Waals surface area contributed by atoms with E-state index in [9.17, 15) is 23.6 Å². The van der Waals surface area contributed by atoms with Gasteiger partial charge in [-0.3, -0.25) is 19.9 Å². The SMILES string of the molecule is COc1ccc2nccc(CC[C@@H]3CC[C@@H](N(C/C=C/c4cc(F)ccc4F)C(=O)OC(C)(C)C)[C@@H](CC(=O)NO)O3)c2n1. The van der Waals surface area contributed by atoms with Crippen LogP contribution >= 0.6 is 0 Å². The summed E-state index contributed by atoms with van der Waals surface area (Å²) in [5.74, 6) is -1.39. The first-order valence-corrected chi connectivity index (χ1v) is 14.5. The fourth-order valence-electron chi connectivity index (χ4n) is 5.22. The van der Waals surface area contributed by atoms with Crippen molar-refractivity contribution in [1.82, 2.24) is 20.3 Å². The first-order valence-electron chi connectivity index (χ1n) is 14.5. The van der Waals surface area contributed by atoms with Gasteiger partial charge in [0.1, 0.15) is 17.2 Å². The molecular formula is C32H38F2N4O6. The van der Waals surface area contributed by atoms with Gasteiger partial charge in [-0.15, -0.1) is 0 Å². The van der Waals surface area contributed by atoms with Gasteiger partial charge in [0, 0.05) is 24.4 Å². The predicted octanol–water partition coefficient (Wildman–Crippen LogP) is 5.61. The standard InChI is InChI=1S/C32H38F2N4O6/c1-32(2,3)44-31(40)38(17-5-6-21-18-22(33)8-11-24(21)34)26-13-10-23(43-27(26)19-28(39)37-41)9-7-20-15-16-35-25-12-14-29(42-4)36-30(20)25/h5-6,8,11-12,14-16,18,23,26-27,41H,7,9-10,13,17,19H2,1-4H3,(H,37,39)/b6-5+/t23-,26-,27-/m1/s1. The van der Waals surface area contributed by atoms with Crippen LogP contribution < -0.4 is 10.2 Å². The van der Waals surface area contributed by atoms with Gasteiger partial charge in [0.15, 0.2) is 0 Å². The van der Waals surface area contributed by atoms with E-state index in [-0.39, 0.29) is 24.6 Å². The number of nitrogens with zero attached hydrogens (tertiary/aromatic N) is 3. The molecule has 1 fully saturated rings. The molecule has 12 heteroatoms. The Morgan fingerprint density at radius 2 is 1.98 bits per heavy atom. The number of halogens is 2. The highest BCUT2D eigenvalue weighted by molar-refractivity contribution is 5.78. The van der Waals surface area contributed by atoms with Crippen LogP contribution in [-0.4, -0.2) is 69.6 Å². The molecule has 2 amide bonds. The van der Waals surface area contributed by atoms with E-state index in [0.29, 0.717) is 31.6 Å². The zero-order valence-corrected chi connectivity index (χ0v) is 25.3. The van der Waals surface area contributed by atoms with E-state index in [1.807, 2.05) is 12.1 Å². The molecule has 0 saturated carbocycles. The Morgan fingerprint density at radius 1 is 1.18 bits per heavy atom. The Bertz CT molecular complexity index is 1500. The highest BCUT2D eigenvalue weighted by Crippen LogP contribution is 2.31. The summed E-state index contributed by atoms with van der Waals surface area (Å²) in [5, 5.41) is 9.27. The van der Waals surface area contributed by atoms with Gasteiger partial charge in [0.25, 0.3) is 0 Å². The number of benzene rings is 1. The third-order valence-electron chi connectivity index (χ3n) is 7.26. The molecule has 1 saturated heterocycles. The number of ether oxygens (including phenoxy) is 3. The molecule has 4 rings (SSSR count). The van der Waals surface area contributed by atoms with Crippen molar-refractivity contribution in [2.24, 2.45) is 0 Å². The summed E-state index contributed by atoms with van der Waals surface area (Å²) >= 11 is 0. The molecule has 3 heterocycles. The number of pyridine rings is 2. The Labute approximate surface area is 255 Å². The van der Waals surface area contributed by atoms with Crippen LogP contribution in [0.4, 0.5) is 13.6 Å². The van der Waals surface area contributed by atoms with E-state index in [1.165, 1.54) is 17.1 Å². The molecule has 0 aliphatic carbocycles. The van der Waals surface area contributed by atoms with Crippen molar-refractivity contribution in [3.05, 3.63) is 71.4 Å². The molecule has 44 heavy (non-hydrogen) atoms. The van der Waals surface area contributed by atoms with Crippen molar-refractivity contribution in [1.29, 1.82) is 0 Å². The van der Waals surface area contributed by atoms with E-state index in [0.717, 1.165) is 34.8 Å². The Hall–Kier alpha value is -4.16. The number of amides is 2. The third kappa shape index (κ3) is 8.70. The average Bonchev–Trinajstić information content (AvgIpc) is 2.99. The smallest absolute Gasteiger partial charge is 0.410 e. The lowest BCUT2D eigenvalue weighted by Crippen LogP contribution is -2.54. The van der Waals surface area contributed by atoms with Gasteiger partial charge in [-0.1, -0.05) is 12.2 Å². The molecule has 2 aromatic heterocycles. The van der Waals surface area contributed by atoms with Crippen molar-refractivity contribution >= 4 is 29.1 Å². The second-order valence-electron chi connectivity index (χ2n) is 11.6. The molecular weight excluding hydrogens is 574 g/mol. The van der Waals surface area contributed by atoms with Gasteiger partial charge >= 0.3 is 6.09 Å². The van der Waals surface area contributed by atoms with E-state index in [1.54, 1.807) is 45.6 Å². The lowest BCUT2D eigenvalue weighted by molar-refractivity contribution is -0.141. The maximum absolute atomic E-state index is 14.2. The van der Waals surface area contributed by atoms with Gasteiger partial charge in [0.2, 0.25) is 11.8 Å². The fourth-order valence-corrected chi connectivity index (χ4v) is 5.22. The number of fused-ring (bicyclic) bond motifs is 1. The zero-order valence-electron chi connectivity index (χ0n) is 25.3. The summed E-state index contributed by atoms with van der Waals surface area (Å²) in [6, 6.07) is 8.00. The van der Waals surface area contributed by atoms with Gasteiger partial charge in [0.05, 0.1) is 42.8 Å². The quantitative estimate of drug-likeness (QED) is 0.224. The Morgan fingerprint density at radius 3 is 2.70 bits per heavy atom. The van der Waals surface area contributed by atoms with Crippen LogP contribution in [0.3, 0.4) is 0 Å². The molecule has 1 aliphatic rings. The molecule has 2 N–H and O–H groups in total. The molecule has 3 aromatic rings. The van der Waals surface area contributed by atoms with E-state index < -0.39 is 41.4 Å². The number of aromatic nitrogens is 2. The first-order chi connectivity index (χ1) is 21.0. The predicted molar refractivity (Wildman–Crippen MR) is 159 cm³/mol. The average molecular weight is 613 g/mol. The Balaban J connectivity index is 1.54. The van der Waals surface area contributed by atoms with Crippen molar-refractivity contribution in [2.45, 2.75) is 76.7 Å². The summed E-state index contributed by atoms with van der Waals surface area (Å²) in [5.41, 5.74) is 3.30. The highest BCUT2D eigenvalue weighted by Gasteiger charge is 2.39. The third-order valence-corrected chi connectivity index (χ3v) is 7.26. The van der Waals surface area contributed by atoms with Crippen LogP contribution in [0.1, 0.15) is 57.6 Å². The van der Waals surface area contributed by atoms with E-state index >= 15 is 0 Å². The first kappa shape index (κ1) is 32.7. The molecule has 1 aromatic carbocycles. The van der Waals surface area contributed by atoms with Crippen molar-refractivity contribution in [3.8, 4) is 5.88 Å². The van der Waals surface area contributed by atoms with Gasteiger partial charge < -0.3 is 14.2 Å². The number of carbonyl (C=O) groups excluding carboxylic acids is 2. The minimum atomic E-state index is -0.812. The van der Waals surface area contributed by atoms with Crippen LogP contribution in [0.15, 0.2) is 48.7 Å². The molecule has 3 atom stereocenters. The number of hydroxylamine groups is 1. The molecule has 1 aliphatic heterocycles. The number of hydrogen-bond donors (Lipinski definition) is 2. The number of methoxy groups -OCH3 is 1.